The number of rotatable bonds is 5. The molecule has 21 heavy (non-hydrogen) atoms. The minimum Gasteiger partial charge on any atom is -0.481 e. The zero-order valence-corrected chi connectivity index (χ0v) is 13.6. The molecule has 0 aliphatic heterocycles. The van der Waals surface area contributed by atoms with Crippen molar-refractivity contribution in [3.05, 3.63) is 12.2 Å². The summed E-state index contributed by atoms with van der Waals surface area (Å²) in [6.07, 6.45) is 3.04. The second-order valence-electron chi connectivity index (χ2n) is 5.89. The van der Waals surface area contributed by atoms with Crippen molar-refractivity contribution in [3.8, 4) is 0 Å². The molecule has 2 atom stereocenters. The summed E-state index contributed by atoms with van der Waals surface area (Å²) in [5.74, 6) is -2.21. The highest BCUT2D eigenvalue weighted by molar-refractivity contribution is 5.89. The number of allylic oxidation sites excluding steroid dienone is 1. The fourth-order valence-corrected chi connectivity index (χ4v) is 3.08. The highest BCUT2D eigenvalue weighted by Gasteiger charge is 2.62. The molecular weight excluding hydrogens is 272 g/mol. The van der Waals surface area contributed by atoms with E-state index in [1.165, 1.54) is 12.7 Å². The van der Waals surface area contributed by atoms with Crippen molar-refractivity contribution in [1.82, 2.24) is 0 Å². The first-order valence-corrected chi connectivity index (χ1v) is 7.34. The normalized spacial score (nSPS) is 28.2. The maximum atomic E-state index is 11.6. The molecule has 122 valence electrons. The first-order valence-electron chi connectivity index (χ1n) is 7.34. The van der Waals surface area contributed by atoms with Crippen molar-refractivity contribution >= 4 is 11.9 Å². The third-order valence-electron chi connectivity index (χ3n) is 3.94. The quantitative estimate of drug-likeness (QED) is 0.759. The lowest BCUT2D eigenvalue weighted by Crippen LogP contribution is -2.61. The van der Waals surface area contributed by atoms with Gasteiger partial charge in [-0.05, 0) is 39.5 Å². The molecule has 1 aliphatic rings. The largest absolute Gasteiger partial charge is 0.481 e. The van der Waals surface area contributed by atoms with E-state index in [-0.39, 0.29) is 6.42 Å². The zero-order chi connectivity index (χ0) is 16.7. The Morgan fingerprint density at radius 1 is 1.14 bits per heavy atom. The van der Waals surface area contributed by atoms with E-state index in [9.17, 15) is 19.8 Å². The highest BCUT2D eigenvalue weighted by Crippen LogP contribution is 2.50. The van der Waals surface area contributed by atoms with Crippen molar-refractivity contribution in [1.29, 1.82) is 0 Å². The van der Waals surface area contributed by atoms with Gasteiger partial charge in [-0.25, -0.2) is 4.79 Å². The van der Waals surface area contributed by atoms with Crippen molar-refractivity contribution < 1.29 is 24.5 Å². The smallest absolute Gasteiger partial charge is 0.337 e. The standard InChI is InChI=1S/C12H20O5.C4H8/c1-3-6-11(9(13)14)7-4-5-8-12(11,17-2)10(15)16;1-4(2)3/h3-8H2,1-2H3,(H,13,14)(H,15,16);1H2,2-3H3. The molecule has 1 saturated carbocycles. The van der Waals surface area contributed by atoms with E-state index in [1.807, 2.05) is 20.8 Å². The molecule has 0 heterocycles. The molecule has 1 aliphatic carbocycles. The van der Waals surface area contributed by atoms with Crippen molar-refractivity contribution in [3.63, 3.8) is 0 Å². The molecule has 2 N–H and O–H groups in total. The fourth-order valence-electron chi connectivity index (χ4n) is 3.08. The minimum absolute atomic E-state index is 0.269. The Labute approximate surface area is 127 Å². The van der Waals surface area contributed by atoms with E-state index in [1.54, 1.807) is 0 Å². The van der Waals surface area contributed by atoms with Gasteiger partial charge in [0.2, 0.25) is 0 Å². The Balaban J connectivity index is 0.000000885. The van der Waals surface area contributed by atoms with Crippen LogP contribution in [0.2, 0.25) is 0 Å². The summed E-state index contributed by atoms with van der Waals surface area (Å²) < 4.78 is 5.19. The predicted octanol–water partition coefficient (Wildman–Crippen LogP) is 3.48. The predicted molar refractivity (Wildman–Crippen MR) is 81.3 cm³/mol. The van der Waals surface area contributed by atoms with Crippen molar-refractivity contribution in [2.24, 2.45) is 5.41 Å². The summed E-state index contributed by atoms with van der Waals surface area (Å²) in [4.78, 5) is 23.1. The monoisotopic (exact) mass is 300 g/mol. The van der Waals surface area contributed by atoms with E-state index in [0.29, 0.717) is 25.7 Å². The van der Waals surface area contributed by atoms with Crippen LogP contribution in [0.5, 0.6) is 0 Å². The Morgan fingerprint density at radius 2 is 1.62 bits per heavy atom. The molecule has 1 fully saturated rings. The van der Waals surface area contributed by atoms with E-state index >= 15 is 0 Å². The average molecular weight is 300 g/mol. The Hall–Kier alpha value is -1.36. The van der Waals surface area contributed by atoms with Crippen LogP contribution in [0.3, 0.4) is 0 Å². The lowest BCUT2D eigenvalue weighted by atomic mass is 9.60. The van der Waals surface area contributed by atoms with E-state index in [4.69, 9.17) is 4.74 Å². The minimum atomic E-state index is -1.58. The second-order valence-corrected chi connectivity index (χ2v) is 5.89. The van der Waals surface area contributed by atoms with Crippen LogP contribution in [-0.2, 0) is 14.3 Å². The van der Waals surface area contributed by atoms with Crippen LogP contribution < -0.4 is 0 Å². The molecule has 0 bridgehead atoms. The number of methoxy groups -OCH3 is 1. The number of carboxylic acids is 2. The maximum absolute atomic E-state index is 11.6. The van der Waals surface area contributed by atoms with E-state index in [2.05, 4.69) is 6.58 Å². The topological polar surface area (TPSA) is 83.8 Å². The molecule has 0 aromatic carbocycles. The number of ether oxygens (including phenoxy) is 1. The van der Waals surface area contributed by atoms with E-state index < -0.39 is 23.0 Å². The molecule has 1 rings (SSSR count). The van der Waals surface area contributed by atoms with Gasteiger partial charge in [0.25, 0.3) is 0 Å². The van der Waals surface area contributed by atoms with Crippen LogP contribution in [0, 0.1) is 5.41 Å². The van der Waals surface area contributed by atoms with Crippen LogP contribution in [-0.4, -0.2) is 34.9 Å². The van der Waals surface area contributed by atoms with Gasteiger partial charge in [-0.3, -0.25) is 4.79 Å². The molecule has 5 heteroatoms. The lowest BCUT2D eigenvalue weighted by molar-refractivity contribution is -0.204. The van der Waals surface area contributed by atoms with Gasteiger partial charge in [0.1, 0.15) is 5.41 Å². The van der Waals surface area contributed by atoms with Gasteiger partial charge in [-0.15, -0.1) is 6.58 Å². The SMILES string of the molecule is C=C(C)C.CCCC1(C(=O)O)CCCCC1(OC)C(=O)O. The molecule has 0 amide bonds. The van der Waals surface area contributed by atoms with Crippen LogP contribution in [0.15, 0.2) is 12.2 Å². The van der Waals surface area contributed by atoms with Gasteiger partial charge in [0.05, 0.1) is 0 Å². The molecule has 0 saturated heterocycles. The van der Waals surface area contributed by atoms with Crippen LogP contribution >= 0.6 is 0 Å². The van der Waals surface area contributed by atoms with Gasteiger partial charge < -0.3 is 14.9 Å². The highest BCUT2D eigenvalue weighted by atomic mass is 16.5. The van der Waals surface area contributed by atoms with Crippen molar-refractivity contribution in [2.45, 2.75) is 64.9 Å². The average Bonchev–Trinajstić information content (AvgIpc) is 2.38. The molecule has 0 aromatic rings. The Kier molecular flexibility index (Phi) is 7.64. The molecule has 2 unspecified atom stereocenters. The summed E-state index contributed by atoms with van der Waals surface area (Å²) in [6, 6.07) is 0. The van der Waals surface area contributed by atoms with Crippen LogP contribution in [0.1, 0.15) is 59.3 Å². The molecular formula is C16H28O5. The van der Waals surface area contributed by atoms with E-state index in [0.717, 1.165) is 6.42 Å². The van der Waals surface area contributed by atoms with Crippen LogP contribution in [0.25, 0.3) is 0 Å². The number of carboxylic acid groups (broad SMARTS) is 2. The van der Waals surface area contributed by atoms with Gasteiger partial charge in [-0.2, -0.15) is 0 Å². The first-order chi connectivity index (χ1) is 9.70. The van der Waals surface area contributed by atoms with Crippen LogP contribution in [0.4, 0.5) is 0 Å². The van der Waals surface area contributed by atoms with Gasteiger partial charge in [0, 0.05) is 7.11 Å². The van der Waals surface area contributed by atoms with Gasteiger partial charge in [-0.1, -0.05) is 25.3 Å². The molecule has 0 radical (unpaired) electrons. The van der Waals surface area contributed by atoms with Gasteiger partial charge >= 0.3 is 11.9 Å². The number of carbonyl (C=O) groups is 2. The second kappa shape index (κ2) is 8.17. The number of aliphatic carboxylic acids is 2. The third kappa shape index (κ3) is 4.06. The summed E-state index contributed by atoms with van der Waals surface area (Å²) in [7, 11) is 1.30. The molecule has 5 nitrogen and oxygen atoms in total. The maximum Gasteiger partial charge on any atom is 0.337 e. The third-order valence-corrected chi connectivity index (χ3v) is 3.94. The summed E-state index contributed by atoms with van der Waals surface area (Å²) >= 11 is 0. The first kappa shape index (κ1) is 19.6. The van der Waals surface area contributed by atoms with Crippen molar-refractivity contribution in [2.75, 3.05) is 7.11 Å². The molecule has 0 spiro atoms. The summed E-state index contributed by atoms with van der Waals surface area (Å²) in [6.45, 7) is 9.36. The number of hydrogen-bond acceptors (Lipinski definition) is 3. The zero-order valence-electron chi connectivity index (χ0n) is 13.6. The summed E-state index contributed by atoms with van der Waals surface area (Å²) in [5, 5.41) is 18.9. The number of hydrogen-bond donors (Lipinski definition) is 2. The molecule has 0 aromatic heterocycles. The van der Waals surface area contributed by atoms with Gasteiger partial charge in [0.15, 0.2) is 5.60 Å². The Morgan fingerprint density at radius 3 is 1.95 bits per heavy atom. The lowest BCUT2D eigenvalue weighted by Gasteiger charge is -2.47. The Bertz CT molecular complexity index is 382. The summed E-state index contributed by atoms with van der Waals surface area (Å²) in [5.41, 5.74) is -1.70. The fraction of sp³-hybridized carbons (Fsp3) is 0.750.